The lowest BCUT2D eigenvalue weighted by molar-refractivity contribution is -0.137. The Balaban J connectivity index is 2.42. The van der Waals surface area contributed by atoms with Gasteiger partial charge < -0.3 is 5.11 Å². The number of hydrogen-bond donors (Lipinski definition) is 1. The average molecular weight is 301 g/mol. The molecule has 7 nitrogen and oxygen atoms in total. The highest BCUT2D eigenvalue weighted by Gasteiger charge is 2.34. The third-order valence-corrected chi connectivity index (χ3v) is 5.70. The number of carboxylic acids is 1. The average Bonchev–Trinajstić information content (AvgIpc) is 2.84. The fourth-order valence-electron chi connectivity index (χ4n) is 2.58. The number of aliphatic carboxylic acids is 1. The van der Waals surface area contributed by atoms with Crippen molar-refractivity contribution in [3.05, 3.63) is 11.4 Å². The molecular formula is C12H19N3O4S. The van der Waals surface area contributed by atoms with Gasteiger partial charge in [0.1, 0.15) is 11.4 Å². The van der Waals surface area contributed by atoms with E-state index in [1.165, 1.54) is 8.99 Å². The summed E-state index contributed by atoms with van der Waals surface area (Å²) in [6, 6.07) is 0. The molecule has 1 N–H and O–H groups in total. The monoisotopic (exact) mass is 301 g/mol. The number of sulfonamides is 1. The van der Waals surface area contributed by atoms with E-state index in [0.29, 0.717) is 30.4 Å². The molecule has 2 rings (SSSR count). The summed E-state index contributed by atoms with van der Waals surface area (Å²) in [5.41, 5.74) is 0.729. The molecule has 1 aromatic heterocycles. The minimum atomic E-state index is -3.59. The van der Waals surface area contributed by atoms with Gasteiger partial charge in [-0.1, -0.05) is 6.92 Å². The van der Waals surface area contributed by atoms with Crippen LogP contribution in [0.2, 0.25) is 0 Å². The second-order valence-electron chi connectivity index (χ2n) is 5.31. The van der Waals surface area contributed by atoms with Crippen LogP contribution >= 0.6 is 0 Å². The van der Waals surface area contributed by atoms with Gasteiger partial charge in [-0.05, 0) is 26.2 Å². The molecular weight excluding hydrogens is 282 g/mol. The van der Waals surface area contributed by atoms with E-state index in [1.54, 1.807) is 13.8 Å². The maximum atomic E-state index is 12.6. The molecule has 0 radical (unpaired) electrons. The first-order chi connectivity index (χ1) is 9.23. The molecule has 0 aliphatic carbocycles. The van der Waals surface area contributed by atoms with Crippen molar-refractivity contribution in [1.82, 2.24) is 14.1 Å². The van der Waals surface area contributed by atoms with E-state index in [1.807, 2.05) is 6.92 Å². The molecule has 1 aromatic rings. The SMILES string of the molecule is Cc1nn(CC(=O)O)c(C)c1S(=O)(=O)N1CCC(C)C1. The number of aromatic nitrogens is 2. The maximum absolute atomic E-state index is 12.6. The Morgan fingerprint density at radius 1 is 1.45 bits per heavy atom. The van der Waals surface area contributed by atoms with Crippen molar-refractivity contribution in [2.24, 2.45) is 5.92 Å². The van der Waals surface area contributed by atoms with Crippen LogP contribution in [0.3, 0.4) is 0 Å². The fourth-order valence-corrected chi connectivity index (χ4v) is 4.53. The Morgan fingerprint density at radius 3 is 2.60 bits per heavy atom. The Labute approximate surface area is 118 Å². The van der Waals surface area contributed by atoms with Crippen molar-refractivity contribution in [3.8, 4) is 0 Å². The van der Waals surface area contributed by atoms with Gasteiger partial charge in [-0.25, -0.2) is 8.42 Å². The smallest absolute Gasteiger partial charge is 0.325 e. The standard InChI is InChI=1S/C12H19N3O4S/c1-8-4-5-14(6-8)20(18,19)12-9(2)13-15(10(12)3)7-11(16)17/h8H,4-7H2,1-3H3,(H,16,17). The van der Waals surface area contributed by atoms with Crippen molar-refractivity contribution < 1.29 is 18.3 Å². The van der Waals surface area contributed by atoms with E-state index in [0.717, 1.165) is 6.42 Å². The quantitative estimate of drug-likeness (QED) is 0.880. The molecule has 8 heteroatoms. The summed E-state index contributed by atoms with van der Waals surface area (Å²) in [5, 5.41) is 12.9. The number of rotatable bonds is 4. The molecule has 20 heavy (non-hydrogen) atoms. The summed E-state index contributed by atoms with van der Waals surface area (Å²) in [6.45, 7) is 5.88. The summed E-state index contributed by atoms with van der Waals surface area (Å²) in [5.74, 6) is -0.700. The van der Waals surface area contributed by atoms with E-state index < -0.39 is 16.0 Å². The summed E-state index contributed by atoms with van der Waals surface area (Å²) < 4.78 is 28.0. The van der Waals surface area contributed by atoms with Crippen LogP contribution in [0, 0.1) is 19.8 Å². The zero-order valence-electron chi connectivity index (χ0n) is 11.8. The highest BCUT2D eigenvalue weighted by Crippen LogP contribution is 2.28. The Bertz CT molecular complexity index is 635. The van der Waals surface area contributed by atoms with E-state index in [-0.39, 0.29) is 11.4 Å². The van der Waals surface area contributed by atoms with Gasteiger partial charge in [-0.3, -0.25) is 9.48 Å². The van der Waals surface area contributed by atoms with Crippen molar-refractivity contribution in [2.75, 3.05) is 13.1 Å². The lowest BCUT2D eigenvalue weighted by Gasteiger charge is -2.16. The summed E-state index contributed by atoms with van der Waals surface area (Å²) in [6.07, 6.45) is 0.848. The molecule has 2 heterocycles. The van der Waals surface area contributed by atoms with E-state index >= 15 is 0 Å². The number of aryl methyl sites for hydroxylation is 1. The Morgan fingerprint density at radius 2 is 2.10 bits per heavy atom. The van der Waals surface area contributed by atoms with Crippen LogP contribution in [0.4, 0.5) is 0 Å². The first-order valence-corrected chi connectivity index (χ1v) is 7.93. The lowest BCUT2D eigenvalue weighted by Crippen LogP contribution is -2.29. The fraction of sp³-hybridized carbons (Fsp3) is 0.667. The highest BCUT2D eigenvalue weighted by molar-refractivity contribution is 7.89. The molecule has 1 aliphatic heterocycles. The molecule has 0 saturated carbocycles. The van der Waals surface area contributed by atoms with Crippen LogP contribution in [-0.2, 0) is 21.4 Å². The first kappa shape index (κ1) is 15.0. The molecule has 1 unspecified atom stereocenters. The summed E-state index contributed by atoms with van der Waals surface area (Å²) in [7, 11) is -3.59. The molecule has 1 saturated heterocycles. The van der Waals surface area contributed by atoms with Crippen LogP contribution in [0.15, 0.2) is 4.90 Å². The predicted molar refractivity (Wildman–Crippen MR) is 71.9 cm³/mol. The second kappa shape index (κ2) is 5.17. The van der Waals surface area contributed by atoms with Crippen molar-refractivity contribution >= 4 is 16.0 Å². The van der Waals surface area contributed by atoms with Crippen LogP contribution in [-0.4, -0.2) is 46.7 Å². The maximum Gasteiger partial charge on any atom is 0.325 e. The zero-order valence-corrected chi connectivity index (χ0v) is 12.6. The van der Waals surface area contributed by atoms with Crippen molar-refractivity contribution in [3.63, 3.8) is 0 Å². The van der Waals surface area contributed by atoms with Gasteiger partial charge in [0.15, 0.2) is 0 Å². The van der Waals surface area contributed by atoms with Crippen LogP contribution in [0.1, 0.15) is 24.7 Å². The number of hydrogen-bond acceptors (Lipinski definition) is 4. The third-order valence-electron chi connectivity index (χ3n) is 3.58. The minimum absolute atomic E-state index is 0.146. The number of carboxylic acid groups (broad SMARTS) is 1. The van der Waals surface area contributed by atoms with Crippen molar-refractivity contribution in [1.29, 1.82) is 0 Å². The third kappa shape index (κ3) is 2.57. The van der Waals surface area contributed by atoms with Gasteiger partial charge in [0.05, 0.1) is 11.4 Å². The van der Waals surface area contributed by atoms with Gasteiger partial charge in [0, 0.05) is 13.1 Å². The van der Waals surface area contributed by atoms with Crippen LogP contribution in [0.5, 0.6) is 0 Å². The molecule has 1 fully saturated rings. The number of carbonyl (C=O) groups is 1. The van der Waals surface area contributed by atoms with Gasteiger partial charge in [-0.15, -0.1) is 0 Å². The van der Waals surface area contributed by atoms with Gasteiger partial charge in [-0.2, -0.15) is 9.40 Å². The molecule has 112 valence electrons. The molecule has 0 spiro atoms. The predicted octanol–water partition coefficient (Wildman–Crippen LogP) is 0.615. The van der Waals surface area contributed by atoms with Crippen molar-refractivity contribution in [2.45, 2.75) is 38.6 Å². The normalized spacial score (nSPS) is 20.4. The first-order valence-electron chi connectivity index (χ1n) is 6.49. The summed E-state index contributed by atoms with van der Waals surface area (Å²) >= 11 is 0. The van der Waals surface area contributed by atoms with Gasteiger partial charge in [0.25, 0.3) is 0 Å². The van der Waals surface area contributed by atoms with Gasteiger partial charge in [0.2, 0.25) is 10.0 Å². The van der Waals surface area contributed by atoms with E-state index in [9.17, 15) is 13.2 Å². The summed E-state index contributed by atoms with van der Waals surface area (Å²) in [4.78, 5) is 10.9. The molecule has 1 atom stereocenters. The van der Waals surface area contributed by atoms with Gasteiger partial charge >= 0.3 is 5.97 Å². The molecule has 1 aliphatic rings. The topological polar surface area (TPSA) is 92.5 Å². The molecule has 0 aromatic carbocycles. The Hall–Kier alpha value is -1.41. The minimum Gasteiger partial charge on any atom is -0.480 e. The lowest BCUT2D eigenvalue weighted by atomic mass is 10.2. The largest absolute Gasteiger partial charge is 0.480 e. The zero-order chi connectivity index (χ0) is 15.1. The number of nitrogens with zero attached hydrogens (tertiary/aromatic N) is 3. The Kier molecular flexibility index (Phi) is 3.88. The van der Waals surface area contributed by atoms with Crippen LogP contribution < -0.4 is 0 Å². The second-order valence-corrected chi connectivity index (χ2v) is 7.18. The van der Waals surface area contributed by atoms with Crippen LogP contribution in [0.25, 0.3) is 0 Å². The molecule has 0 amide bonds. The van der Waals surface area contributed by atoms with E-state index in [4.69, 9.17) is 5.11 Å². The highest BCUT2D eigenvalue weighted by atomic mass is 32.2. The van der Waals surface area contributed by atoms with E-state index in [2.05, 4.69) is 5.10 Å². The molecule has 0 bridgehead atoms.